The number of carbonyl (C=O) groups excluding carboxylic acids is 2. The van der Waals surface area contributed by atoms with Crippen molar-refractivity contribution in [2.45, 2.75) is 43.6 Å². The van der Waals surface area contributed by atoms with E-state index >= 15 is 0 Å². The number of Topliss-reactive ketones (excluding diaryl/α,β-unsaturated/α-hetero) is 1. The molecule has 2 heterocycles. The van der Waals surface area contributed by atoms with Gasteiger partial charge < -0.3 is 5.32 Å². The molecule has 178 valence electrons. The third-order valence-electron chi connectivity index (χ3n) is 5.42. The molecule has 4 rings (SSSR count). The minimum Gasteiger partial charge on any atom is -0.326 e. The minimum absolute atomic E-state index is 0.0128. The van der Waals surface area contributed by atoms with Crippen LogP contribution < -0.4 is 5.32 Å². The van der Waals surface area contributed by atoms with E-state index in [0.717, 1.165) is 23.4 Å². The largest absolute Gasteiger partial charge is 0.326 e. The summed E-state index contributed by atoms with van der Waals surface area (Å²) in [6.07, 6.45) is 4.71. The van der Waals surface area contributed by atoms with Crippen molar-refractivity contribution in [2.75, 3.05) is 5.32 Å². The molecule has 0 fully saturated rings. The zero-order valence-corrected chi connectivity index (χ0v) is 20.5. The van der Waals surface area contributed by atoms with E-state index in [-0.39, 0.29) is 16.9 Å². The van der Waals surface area contributed by atoms with Gasteiger partial charge >= 0.3 is 0 Å². The Kier molecular flexibility index (Phi) is 8.05. The second-order valence-electron chi connectivity index (χ2n) is 8.11. The molecule has 1 N–H and O–H groups in total. The summed E-state index contributed by atoms with van der Waals surface area (Å²) < 4.78 is 2.03. The molecule has 35 heavy (non-hydrogen) atoms. The number of pyridine rings is 1. The van der Waals surface area contributed by atoms with Crippen molar-refractivity contribution < 1.29 is 9.59 Å². The van der Waals surface area contributed by atoms with Crippen molar-refractivity contribution >= 4 is 29.1 Å². The van der Waals surface area contributed by atoms with Gasteiger partial charge in [-0.15, -0.1) is 10.2 Å². The standard InChI is InChI=1S/C27H27N5O2S/c1-3-7-24(33)29-23-12-10-21(11-13-23)25(34)19(2)35-27-31-30-26(22-14-16-28-17-15-22)32(27)18-20-8-5-4-6-9-20/h4-6,8-17,19H,3,7,18H2,1-2H3,(H,29,33). The summed E-state index contributed by atoms with van der Waals surface area (Å²) in [5.41, 5.74) is 3.30. The van der Waals surface area contributed by atoms with Crippen molar-refractivity contribution in [1.29, 1.82) is 0 Å². The fourth-order valence-electron chi connectivity index (χ4n) is 3.61. The monoisotopic (exact) mass is 485 g/mol. The molecule has 4 aromatic rings. The van der Waals surface area contributed by atoms with Gasteiger partial charge in [0.1, 0.15) is 0 Å². The highest BCUT2D eigenvalue weighted by atomic mass is 32.2. The zero-order chi connectivity index (χ0) is 24.6. The molecule has 1 amide bonds. The molecule has 0 spiro atoms. The number of amides is 1. The molecule has 0 aliphatic rings. The zero-order valence-electron chi connectivity index (χ0n) is 19.7. The van der Waals surface area contributed by atoms with E-state index in [0.29, 0.717) is 29.4 Å². The molecule has 0 saturated carbocycles. The predicted octanol–water partition coefficient (Wildman–Crippen LogP) is 5.49. The number of nitrogens with one attached hydrogen (secondary N) is 1. The number of hydrogen-bond acceptors (Lipinski definition) is 6. The Hall–Kier alpha value is -3.78. The maximum atomic E-state index is 13.2. The molecule has 0 bridgehead atoms. The Bertz CT molecular complexity index is 1270. The van der Waals surface area contributed by atoms with E-state index in [2.05, 4.69) is 32.6 Å². The Balaban J connectivity index is 1.53. The lowest BCUT2D eigenvalue weighted by atomic mass is 10.1. The van der Waals surface area contributed by atoms with Crippen LogP contribution in [0.15, 0.2) is 84.3 Å². The van der Waals surface area contributed by atoms with Gasteiger partial charge in [-0.2, -0.15) is 0 Å². The average Bonchev–Trinajstić information content (AvgIpc) is 3.27. The SMILES string of the molecule is CCCC(=O)Nc1ccc(C(=O)C(C)Sc2nnc(-c3ccncc3)n2Cc2ccccc2)cc1. The molecule has 2 aromatic carbocycles. The highest BCUT2D eigenvalue weighted by Crippen LogP contribution is 2.29. The molecule has 0 aliphatic carbocycles. The first-order chi connectivity index (χ1) is 17.0. The average molecular weight is 486 g/mol. The van der Waals surface area contributed by atoms with Crippen LogP contribution in [-0.4, -0.2) is 36.7 Å². The Morgan fingerprint density at radius 3 is 2.37 bits per heavy atom. The lowest BCUT2D eigenvalue weighted by molar-refractivity contribution is -0.116. The molecular weight excluding hydrogens is 458 g/mol. The Morgan fingerprint density at radius 1 is 0.971 bits per heavy atom. The second kappa shape index (κ2) is 11.6. The van der Waals surface area contributed by atoms with Crippen molar-refractivity contribution in [3.63, 3.8) is 0 Å². The Morgan fingerprint density at radius 2 is 1.69 bits per heavy atom. The molecule has 7 nitrogen and oxygen atoms in total. The molecule has 1 atom stereocenters. The van der Waals surface area contributed by atoms with Crippen LogP contribution in [0.5, 0.6) is 0 Å². The number of ketones is 1. The highest BCUT2D eigenvalue weighted by molar-refractivity contribution is 8.00. The van der Waals surface area contributed by atoms with E-state index in [9.17, 15) is 9.59 Å². The van der Waals surface area contributed by atoms with Crippen LogP contribution in [0.4, 0.5) is 5.69 Å². The normalized spacial score (nSPS) is 11.7. The lowest BCUT2D eigenvalue weighted by Gasteiger charge is -2.14. The quantitative estimate of drug-likeness (QED) is 0.236. The second-order valence-corrected chi connectivity index (χ2v) is 9.42. The van der Waals surface area contributed by atoms with E-state index in [1.165, 1.54) is 11.8 Å². The van der Waals surface area contributed by atoms with Crippen LogP contribution in [0, 0.1) is 0 Å². The number of thioether (sulfide) groups is 1. The fourth-order valence-corrected chi connectivity index (χ4v) is 4.54. The van der Waals surface area contributed by atoms with Gasteiger partial charge in [-0.1, -0.05) is 49.0 Å². The van der Waals surface area contributed by atoms with Gasteiger partial charge in [-0.05, 0) is 55.3 Å². The van der Waals surface area contributed by atoms with Crippen molar-refractivity contribution in [2.24, 2.45) is 0 Å². The number of nitrogens with zero attached hydrogens (tertiary/aromatic N) is 4. The van der Waals surface area contributed by atoms with E-state index in [4.69, 9.17) is 0 Å². The highest BCUT2D eigenvalue weighted by Gasteiger charge is 2.22. The minimum atomic E-state index is -0.375. The summed E-state index contributed by atoms with van der Waals surface area (Å²) in [5, 5.41) is 12.0. The molecule has 8 heteroatoms. The third kappa shape index (κ3) is 6.22. The number of aromatic nitrogens is 4. The lowest BCUT2D eigenvalue weighted by Crippen LogP contribution is -2.15. The van der Waals surface area contributed by atoms with Crippen LogP contribution in [0.1, 0.15) is 42.6 Å². The van der Waals surface area contributed by atoms with Crippen molar-refractivity contribution in [3.05, 3.63) is 90.3 Å². The van der Waals surface area contributed by atoms with Crippen LogP contribution in [0.3, 0.4) is 0 Å². The first-order valence-corrected chi connectivity index (χ1v) is 12.4. The first kappa shape index (κ1) is 24.3. The van der Waals surface area contributed by atoms with Gasteiger partial charge in [-0.3, -0.25) is 19.1 Å². The van der Waals surface area contributed by atoms with E-state index in [1.54, 1.807) is 36.7 Å². The van der Waals surface area contributed by atoms with E-state index in [1.807, 2.05) is 48.7 Å². The summed E-state index contributed by atoms with van der Waals surface area (Å²) in [6.45, 7) is 4.42. The van der Waals surface area contributed by atoms with Crippen LogP contribution in [0.2, 0.25) is 0 Å². The van der Waals surface area contributed by atoms with Crippen LogP contribution >= 0.6 is 11.8 Å². The summed E-state index contributed by atoms with van der Waals surface area (Å²) >= 11 is 1.38. The van der Waals surface area contributed by atoms with Gasteiger partial charge in [0.25, 0.3) is 0 Å². The molecule has 2 aromatic heterocycles. The molecule has 0 radical (unpaired) electrons. The number of rotatable bonds is 10. The van der Waals surface area contributed by atoms with Gasteiger partial charge in [-0.25, -0.2) is 0 Å². The fraction of sp³-hybridized carbons (Fsp3) is 0.222. The molecule has 1 unspecified atom stereocenters. The van der Waals surface area contributed by atoms with Gasteiger partial charge in [0.05, 0.1) is 11.8 Å². The van der Waals surface area contributed by atoms with E-state index < -0.39 is 0 Å². The third-order valence-corrected chi connectivity index (χ3v) is 6.50. The predicted molar refractivity (Wildman–Crippen MR) is 138 cm³/mol. The summed E-state index contributed by atoms with van der Waals surface area (Å²) in [4.78, 5) is 29.1. The number of carbonyl (C=O) groups is 2. The molecule has 0 saturated heterocycles. The topological polar surface area (TPSA) is 89.8 Å². The molecular formula is C27H27N5O2S. The number of benzene rings is 2. The van der Waals surface area contributed by atoms with Crippen molar-refractivity contribution in [3.8, 4) is 11.4 Å². The number of anilines is 1. The maximum absolute atomic E-state index is 13.2. The summed E-state index contributed by atoms with van der Waals surface area (Å²) in [5.74, 6) is 0.685. The van der Waals surface area contributed by atoms with Crippen LogP contribution in [-0.2, 0) is 11.3 Å². The summed E-state index contributed by atoms with van der Waals surface area (Å²) in [6, 6.07) is 20.9. The number of hydrogen-bond donors (Lipinski definition) is 1. The van der Waals surface area contributed by atoms with Crippen LogP contribution in [0.25, 0.3) is 11.4 Å². The summed E-state index contributed by atoms with van der Waals surface area (Å²) in [7, 11) is 0. The molecule has 0 aliphatic heterocycles. The maximum Gasteiger partial charge on any atom is 0.224 e. The van der Waals surface area contributed by atoms with Gasteiger partial charge in [0.2, 0.25) is 5.91 Å². The Labute approximate surface area is 209 Å². The first-order valence-electron chi connectivity index (χ1n) is 11.5. The van der Waals surface area contributed by atoms with Crippen molar-refractivity contribution in [1.82, 2.24) is 19.7 Å². The smallest absolute Gasteiger partial charge is 0.224 e. The van der Waals surface area contributed by atoms with Gasteiger partial charge in [0, 0.05) is 35.6 Å². The van der Waals surface area contributed by atoms with Gasteiger partial charge in [0.15, 0.2) is 16.8 Å².